The van der Waals surface area contributed by atoms with Crippen LogP contribution in [0.5, 0.6) is 0 Å². The van der Waals surface area contributed by atoms with E-state index in [2.05, 4.69) is 5.32 Å². The Balaban J connectivity index is 2.57. The van der Waals surface area contributed by atoms with Crippen molar-refractivity contribution in [2.75, 3.05) is 6.67 Å². The molecule has 15 heavy (non-hydrogen) atoms. The number of alkyl halides is 3. The molecule has 0 bridgehead atoms. The minimum Gasteiger partial charge on any atom is -0.316 e. The highest BCUT2D eigenvalue weighted by atomic mass is 19.4. The van der Waals surface area contributed by atoms with Crippen LogP contribution in [0.25, 0.3) is 0 Å². The van der Waals surface area contributed by atoms with Gasteiger partial charge in [0.15, 0.2) is 0 Å². The second-order valence-corrected chi connectivity index (χ2v) is 2.96. The van der Waals surface area contributed by atoms with Crippen molar-refractivity contribution in [1.82, 2.24) is 10.8 Å². The number of hydrogen-bond acceptors (Lipinski definition) is 3. The lowest BCUT2D eigenvalue weighted by molar-refractivity contribution is -0.137. The van der Waals surface area contributed by atoms with Crippen LogP contribution in [0.3, 0.4) is 0 Å². The molecule has 0 saturated heterocycles. The number of benzene rings is 1. The zero-order valence-corrected chi connectivity index (χ0v) is 7.80. The van der Waals surface area contributed by atoms with Crippen LogP contribution < -0.4 is 10.8 Å². The smallest absolute Gasteiger partial charge is 0.316 e. The largest absolute Gasteiger partial charge is 0.416 e. The maximum atomic E-state index is 12.2. The number of halogens is 3. The van der Waals surface area contributed by atoms with Crippen molar-refractivity contribution in [3.05, 3.63) is 35.4 Å². The van der Waals surface area contributed by atoms with Gasteiger partial charge in [-0.25, -0.2) is 0 Å². The van der Waals surface area contributed by atoms with Crippen LogP contribution in [0.2, 0.25) is 0 Å². The van der Waals surface area contributed by atoms with Crippen LogP contribution in [-0.4, -0.2) is 11.9 Å². The van der Waals surface area contributed by atoms with E-state index in [1.165, 1.54) is 12.1 Å². The van der Waals surface area contributed by atoms with E-state index in [1.807, 2.05) is 5.48 Å². The first-order valence-corrected chi connectivity index (χ1v) is 4.28. The number of hydrogen-bond donors (Lipinski definition) is 3. The zero-order chi connectivity index (χ0) is 11.3. The standard InChI is InChI=1S/C9H11F3N2O/c10-9(11,12)8-3-1-7(2-4-8)5-13-6-14-15/h1-4,13-15H,5-6H2. The summed E-state index contributed by atoms with van der Waals surface area (Å²) >= 11 is 0. The van der Waals surface area contributed by atoms with E-state index in [1.54, 1.807) is 0 Å². The molecule has 0 saturated carbocycles. The van der Waals surface area contributed by atoms with E-state index < -0.39 is 11.7 Å². The van der Waals surface area contributed by atoms with Crippen molar-refractivity contribution in [3.8, 4) is 0 Å². The molecule has 0 amide bonds. The molecule has 1 rings (SSSR count). The van der Waals surface area contributed by atoms with Gasteiger partial charge in [-0.15, -0.1) is 0 Å². The van der Waals surface area contributed by atoms with Crippen LogP contribution in [0.15, 0.2) is 24.3 Å². The van der Waals surface area contributed by atoms with Crippen LogP contribution in [0.4, 0.5) is 13.2 Å². The highest BCUT2D eigenvalue weighted by Crippen LogP contribution is 2.28. The minimum atomic E-state index is -4.29. The summed E-state index contributed by atoms with van der Waals surface area (Å²) in [4.78, 5) is 0. The van der Waals surface area contributed by atoms with Gasteiger partial charge in [-0.3, -0.25) is 5.32 Å². The van der Waals surface area contributed by atoms with Gasteiger partial charge >= 0.3 is 6.18 Å². The Hall–Kier alpha value is -1.11. The molecule has 0 spiro atoms. The Morgan fingerprint density at radius 3 is 2.20 bits per heavy atom. The van der Waals surface area contributed by atoms with E-state index in [9.17, 15) is 13.2 Å². The van der Waals surface area contributed by atoms with Gasteiger partial charge in [-0.1, -0.05) is 12.1 Å². The summed E-state index contributed by atoms with van der Waals surface area (Å²) < 4.78 is 36.5. The van der Waals surface area contributed by atoms with Crippen LogP contribution in [-0.2, 0) is 12.7 Å². The van der Waals surface area contributed by atoms with Gasteiger partial charge in [0.05, 0.1) is 12.2 Å². The van der Waals surface area contributed by atoms with Gasteiger partial charge in [0.1, 0.15) is 0 Å². The maximum Gasteiger partial charge on any atom is 0.416 e. The number of hydroxylamine groups is 1. The molecule has 1 aromatic rings. The maximum absolute atomic E-state index is 12.2. The third-order valence-corrected chi connectivity index (χ3v) is 1.81. The van der Waals surface area contributed by atoms with E-state index in [0.717, 1.165) is 17.7 Å². The molecular formula is C9H11F3N2O. The number of nitrogens with one attached hydrogen (secondary N) is 2. The fourth-order valence-electron chi connectivity index (χ4n) is 1.07. The first-order valence-electron chi connectivity index (χ1n) is 4.28. The summed E-state index contributed by atoms with van der Waals surface area (Å²) in [5.74, 6) is 0. The molecule has 0 fully saturated rings. The lowest BCUT2D eigenvalue weighted by atomic mass is 10.1. The predicted molar refractivity (Wildman–Crippen MR) is 48.1 cm³/mol. The fraction of sp³-hybridized carbons (Fsp3) is 0.333. The molecule has 0 radical (unpaired) electrons. The quantitative estimate of drug-likeness (QED) is 0.411. The molecule has 0 aliphatic rings. The third-order valence-electron chi connectivity index (χ3n) is 1.81. The summed E-state index contributed by atoms with van der Waals surface area (Å²) in [5.41, 5.74) is 1.94. The lowest BCUT2D eigenvalue weighted by Gasteiger charge is -2.08. The molecule has 3 nitrogen and oxygen atoms in total. The molecule has 84 valence electrons. The lowest BCUT2D eigenvalue weighted by Crippen LogP contribution is -2.25. The van der Waals surface area contributed by atoms with Crippen LogP contribution >= 0.6 is 0 Å². The Bertz CT molecular complexity index is 297. The molecule has 6 heteroatoms. The SMILES string of the molecule is ONCNCc1ccc(C(F)(F)F)cc1. The summed E-state index contributed by atoms with van der Waals surface area (Å²) in [5, 5.41) is 11.0. The molecule has 1 aromatic carbocycles. The van der Waals surface area contributed by atoms with Crippen molar-refractivity contribution >= 4 is 0 Å². The predicted octanol–water partition coefficient (Wildman–Crippen LogP) is 1.73. The average Bonchev–Trinajstić information content (AvgIpc) is 2.18. The van der Waals surface area contributed by atoms with E-state index >= 15 is 0 Å². The minimum absolute atomic E-state index is 0.182. The van der Waals surface area contributed by atoms with E-state index in [4.69, 9.17) is 5.21 Å². The molecule has 0 aliphatic heterocycles. The summed E-state index contributed by atoms with van der Waals surface area (Å²) in [7, 11) is 0. The van der Waals surface area contributed by atoms with Gasteiger partial charge in [-0.05, 0) is 17.7 Å². The zero-order valence-electron chi connectivity index (χ0n) is 7.80. The first kappa shape index (κ1) is 12.0. The Morgan fingerprint density at radius 1 is 1.13 bits per heavy atom. The number of rotatable bonds is 4. The highest BCUT2D eigenvalue weighted by Gasteiger charge is 2.29. The summed E-state index contributed by atoms with van der Waals surface area (Å²) in [6, 6.07) is 4.85. The molecule has 0 aliphatic carbocycles. The first-order chi connectivity index (χ1) is 7.04. The van der Waals surface area contributed by atoms with E-state index in [-0.39, 0.29) is 6.67 Å². The summed E-state index contributed by atoms with van der Waals surface area (Å²) in [6.07, 6.45) is -4.29. The van der Waals surface area contributed by atoms with Gasteiger partial charge in [0.25, 0.3) is 0 Å². The topological polar surface area (TPSA) is 44.3 Å². The Morgan fingerprint density at radius 2 is 1.73 bits per heavy atom. The molecule has 3 N–H and O–H groups in total. The highest BCUT2D eigenvalue weighted by molar-refractivity contribution is 5.24. The summed E-state index contributed by atoms with van der Waals surface area (Å²) in [6.45, 7) is 0.576. The monoisotopic (exact) mass is 220 g/mol. The van der Waals surface area contributed by atoms with Gasteiger partial charge < -0.3 is 5.21 Å². The van der Waals surface area contributed by atoms with Crippen molar-refractivity contribution in [1.29, 1.82) is 0 Å². The van der Waals surface area contributed by atoms with Crippen molar-refractivity contribution in [2.45, 2.75) is 12.7 Å². The molecule has 0 atom stereocenters. The molecule has 0 heterocycles. The normalized spacial score (nSPS) is 11.7. The van der Waals surface area contributed by atoms with E-state index in [0.29, 0.717) is 6.54 Å². The third kappa shape index (κ3) is 3.86. The Labute approximate surface area is 84.9 Å². The van der Waals surface area contributed by atoms with Gasteiger partial charge in [0.2, 0.25) is 0 Å². The van der Waals surface area contributed by atoms with Crippen molar-refractivity contribution in [2.24, 2.45) is 0 Å². The van der Waals surface area contributed by atoms with Gasteiger partial charge in [0, 0.05) is 6.54 Å². The molecule has 0 unspecified atom stereocenters. The average molecular weight is 220 g/mol. The van der Waals surface area contributed by atoms with Crippen LogP contribution in [0.1, 0.15) is 11.1 Å². The Kier molecular flexibility index (Phi) is 4.07. The van der Waals surface area contributed by atoms with Crippen LogP contribution in [0, 0.1) is 0 Å². The van der Waals surface area contributed by atoms with Crippen molar-refractivity contribution in [3.63, 3.8) is 0 Å². The molecular weight excluding hydrogens is 209 g/mol. The second-order valence-electron chi connectivity index (χ2n) is 2.96. The second kappa shape index (κ2) is 5.11. The fourth-order valence-corrected chi connectivity index (χ4v) is 1.07. The molecule has 0 aromatic heterocycles. The van der Waals surface area contributed by atoms with Gasteiger partial charge in [-0.2, -0.15) is 18.7 Å². The van der Waals surface area contributed by atoms with Crippen molar-refractivity contribution < 1.29 is 18.4 Å².